The van der Waals surface area contributed by atoms with Gasteiger partial charge in [0.15, 0.2) is 0 Å². The van der Waals surface area contributed by atoms with Crippen LogP contribution in [-0.2, 0) is 42.7 Å². The molecule has 1 atom stereocenters. The van der Waals surface area contributed by atoms with Crippen molar-refractivity contribution in [1.29, 1.82) is 0 Å². The van der Waals surface area contributed by atoms with E-state index in [4.69, 9.17) is 33.2 Å². The van der Waals surface area contributed by atoms with Crippen LogP contribution >= 0.6 is 0 Å². The van der Waals surface area contributed by atoms with E-state index in [-0.39, 0.29) is 17.9 Å². The smallest absolute Gasteiger partial charge is 0.308 e. The molecular weight excluding hydrogens is 1250 g/mol. The number of methoxy groups -OCH3 is 2. The van der Waals surface area contributed by atoms with Crippen LogP contribution < -0.4 is 0 Å². The number of ether oxygens (including phenoxy) is 7. The lowest BCUT2D eigenvalue weighted by atomic mass is 10.0. The van der Waals surface area contributed by atoms with Gasteiger partial charge in [-0.15, -0.1) is 0 Å². The molecule has 0 N–H and O–H groups in total. The van der Waals surface area contributed by atoms with Crippen LogP contribution in [0.15, 0.2) is 0 Å². The highest BCUT2D eigenvalue weighted by Crippen LogP contribution is 2.32. The van der Waals surface area contributed by atoms with Gasteiger partial charge in [0.05, 0.1) is 31.3 Å². The van der Waals surface area contributed by atoms with Crippen LogP contribution in [0, 0.1) is 41.4 Å². The van der Waals surface area contributed by atoms with E-state index in [1.165, 1.54) is 399 Å². The van der Waals surface area contributed by atoms with Crippen molar-refractivity contribution < 1.29 is 42.7 Å². The molecule has 0 aromatic carbocycles. The van der Waals surface area contributed by atoms with Gasteiger partial charge < -0.3 is 33.2 Å². The highest BCUT2D eigenvalue weighted by Gasteiger charge is 2.24. The quantitative estimate of drug-likeness (QED) is 0.124. The summed E-state index contributed by atoms with van der Waals surface area (Å²) in [6.45, 7) is 20.8. The first kappa shape index (κ1) is 97.8. The van der Waals surface area contributed by atoms with Crippen molar-refractivity contribution >= 4 is 11.9 Å². The van der Waals surface area contributed by atoms with Gasteiger partial charge in [-0.1, -0.05) is 341 Å². The molecule has 0 heterocycles. The molecule has 0 aromatic heterocycles. The predicted octanol–water partition coefficient (Wildman–Crippen LogP) is 28.6. The first-order valence-corrected chi connectivity index (χ1v) is 45.7. The maximum Gasteiger partial charge on any atom is 0.308 e. The lowest BCUT2D eigenvalue weighted by Gasteiger charge is -2.17. The first-order valence-electron chi connectivity index (χ1n) is 45.7. The van der Waals surface area contributed by atoms with Gasteiger partial charge in [-0.3, -0.25) is 9.59 Å². The SMILES string of the molecule is C1CCCC1.C1CCCC1.C1CCCC1.C1CCCC1.C1CCCC1.C1CCCC1.CC(=O)OCCC1CCCC1.CC1CCCC1.CCOC(=O)C1CCCC1.CCOC(C)C1CCCC1.CCOC1CCCC1.CCOCC1CCCC1.COCC1CCCC1.COCCC1CCCC1. The summed E-state index contributed by atoms with van der Waals surface area (Å²) in [6.07, 6.45) is 92.4. The van der Waals surface area contributed by atoms with Crippen molar-refractivity contribution in [3.63, 3.8) is 0 Å². The summed E-state index contributed by atoms with van der Waals surface area (Å²) in [7, 11) is 3.58. The van der Waals surface area contributed by atoms with E-state index in [1.54, 1.807) is 14.2 Å². The summed E-state index contributed by atoms with van der Waals surface area (Å²) < 4.78 is 36.0. The average molecular weight is 1430 g/mol. The third kappa shape index (κ3) is 65.5. The summed E-state index contributed by atoms with van der Waals surface area (Å²) in [6, 6.07) is 0. The van der Waals surface area contributed by atoms with Crippen LogP contribution in [0.2, 0.25) is 0 Å². The molecule has 0 spiro atoms. The molecule has 9 nitrogen and oxygen atoms in total. The molecule has 602 valence electrons. The predicted molar refractivity (Wildman–Crippen MR) is 436 cm³/mol. The number of hydrogen-bond donors (Lipinski definition) is 0. The Balaban J connectivity index is 0.000000548. The number of esters is 2. The molecule has 0 bridgehead atoms. The fourth-order valence-electron chi connectivity index (χ4n) is 17.1. The summed E-state index contributed by atoms with van der Waals surface area (Å²) in [4.78, 5) is 21.4. The minimum Gasteiger partial charge on any atom is -0.466 e. The van der Waals surface area contributed by atoms with Crippen molar-refractivity contribution in [3.8, 4) is 0 Å². The Morgan fingerprint density at radius 2 is 0.644 bits per heavy atom. The zero-order chi connectivity index (χ0) is 73.2. The largest absolute Gasteiger partial charge is 0.466 e. The van der Waals surface area contributed by atoms with Gasteiger partial charge in [0.25, 0.3) is 0 Å². The molecule has 0 radical (unpaired) electrons. The van der Waals surface area contributed by atoms with Gasteiger partial charge in [-0.05, 0) is 147 Å². The van der Waals surface area contributed by atoms with Crippen molar-refractivity contribution in [3.05, 3.63) is 0 Å². The number of carbonyl (C=O) groups is 2. The van der Waals surface area contributed by atoms with E-state index in [1.807, 2.05) is 6.92 Å². The summed E-state index contributed by atoms with van der Waals surface area (Å²) in [5.41, 5.74) is 0. The van der Waals surface area contributed by atoms with Gasteiger partial charge >= 0.3 is 11.9 Å². The van der Waals surface area contributed by atoms with E-state index in [0.29, 0.717) is 25.4 Å². The minimum atomic E-state index is -0.150. The maximum absolute atomic E-state index is 11.0. The lowest BCUT2D eigenvalue weighted by molar-refractivity contribution is -0.147. The second-order valence-corrected chi connectivity index (χ2v) is 32.9. The number of rotatable bonds is 18. The Morgan fingerprint density at radius 1 is 0.327 bits per heavy atom. The molecule has 9 heteroatoms. The molecule has 14 fully saturated rings. The fraction of sp³-hybridized carbons (Fsp3) is 0.978. The van der Waals surface area contributed by atoms with Gasteiger partial charge in [-0.2, -0.15) is 0 Å². The summed E-state index contributed by atoms with van der Waals surface area (Å²) in [5, 5.41) is 0. The third-order valence-electron chi connectivity index (χ3n) is 23.7. The molecule has 1 unspecified atom stereocenters. The van der Waals surface area contributed by atoms with Crippen molar-refractivity contribution in [1.82, 2.24) is 0 Å². The second kappa shape index (κ2) is 76.9. The van der Waals surface area contributed by atoms with Crippen LogP contribution in [0.25, 0.3) is 0 Å². The van der Waals surface area contributed by atoms with Gasteiger partial charge in [-0.25, -0.2) is 0 Å². The zero-order valence-electron chi connectivity index (χ0n) is 69.8. The summed E-state index contributed by atoms with van der Waals surface area (Å²) in [5.74, 6) is 5.59. The van der Waals surface area contributed by atoms with E-state index < -0.39 is 0 Å². The standard InChI is InChI=1S/C9H16O2.C9H18O.C8H14O2.2C8H16O.2C7H14O.C6H12.6C5H10/c1-8(10)11-7-6-9-4-2-3-5-9;1-3-10-8(2)9-6-4-5-7-9;1-2-10-8(9)7-5-3-4-6-7;1-9-7-6-8-4-2-3-5-8;1-2-9-7-8-5-3-4-6-8;1-8-6-7-4-2-3-5-7;1-2-8-7-5-3-4-6-7;1-6-4-2-3-5-6;6*1-2-4-5-3-1/h9H,2-7H2,1H3;8-9H,3-7H2,1-2H3;7H,2-6H2,1H3;2*8H,2-7H2,1H3;2*7H,2-6H2,1H3;6H,2-5H2,1H3;6*1-5H2. The van der Waals surface area contributed by atoms with E-state index in [9.17, 15) is 9.59 Å². The van der Waals surface area contributed by atoms with Crippen LogP contribution in [0.1, 0.15) is 459 Å². The number of hydrogen-bond acceptors (Lipinski definition) is 9. The zero-order valence-corrected chi connectivity index (χ0v) is 69.8. The third-order valence-corrected chi connectivity index (χ3v) is 23.7. The molecule has 14 saturated carbocycles. The van der Waals surface area contributed by atoms with Crippen molar-refractivity contribution in [2.45, 2.75) is 472 Å². The summed E-state index contributed by atoms with van der Waals surface area (Å²) >= 11 is 0. The molecule has 0 aromatic rings. The van der Waals surface area contributed by atoms with Crippen LogP contribution in [0.5, 0.6) is 0 Å². The molecule has 14 aliphatic rings. The lowest BCUT2D eigenvalue weighted by Crippen LogP contribution is -2.17. The molecule has 14 rings (SSSR count). The number of carbonyl (C=O) groups excluding carboxylic acids is 2. The van der Waals surface area contributed by atoms with Crippen LogP contribution in [-0.4, -0.2) is 91.2 Å². The molecular formula is C92H180O9. The highest BCUT2D eigenvalue weighted by molar-refractivity contribution is 5.72. The van der Waals surface area contributed by atoms with Crippen LogP contribution in [0.3, 0.4) is 0 Å². The topological polar surface area (TPSA) is 98.8 Å². The van der Waals surface area contributed by atoms with E-state index in [2.05, 4.69) is 34.6 Å². The maximum atomic E-state index is 11.0. The van der Waals surface area contributed by atoms with E-state index >= 15 is 0 Å². The monoisotopic (exact) mass is 1430 g/mol. The molecule has 101 heavy (non-hydrogen) atoms. The fourth-order valence-corrected chi connectivity index (χ4v) is 17.1. The average Bonchev–Trinajstić information content (AvgIpc) is 1.96. The van der Waals surface area contributed by atoms with Crippen molar-refractivity contribution in [2.75, 3.05) is 67.1 Å². The van der Waals surface area contributed by atoms with Crippen LogP contribution in [0.4, 0.5) is 0 Å². The molecule has 14 aliphatic carbocycles. The Kier molecular flexibility index (Phi) is 74.4. The minimum absolute atomic E-state index is 0.0139. The normalized spacial score (nSPS) is 22.1. The highest BCUT2D eigenvalue weighted by atomic mass is 16.5. The van der Waals surface area contributed by atoms with Crippen molar-refractivity contribution in [2.24, 2.45) is 41.4 Å². The first-order chi connectivity index (χ1) is 49.6. The van der Waals surface area contributed by atoms with Gasteiger partial charge in [0, 0.05) is 60.8 Å². The molecule has 0 aliphatic heterocycles. The Labute approximate surface area is 631 Å². The van der Waals surface area contributed by atoms with E-state index in [0.717, 1.165) is 94.4 Å². The second-order valence-electron chi connectivity index (χ2n) is 32.9. The van der Waals surface area contributed by atoms with Gasteiger partial charge in [0.2, 0.25) is 0 Å². The Bertz CT molecular complexity index is 1430. The Morgan fingerprint density at radius 3 is 0.941 bits per heavy atom. The molecule has 0 saturated heterocycles. The Hall–Kier alpha value is -1.26. The molecule has 0 amide bonds. The van der Waals surface area contributed by atoms with Gasteiger partial charge in [0.1, 0.15) is 0 Å².